The van der Waals surface area contributed by atoms with Crippen molar-refractivity contribution < 1.29 is 24.2 Å². The van der Waals surface area contributed by atoms with Crippen molar-refractivity contribution in [2.24, 2.45) is 4.99 Å². The van der Waals surface area contributed by atoms with E-state index < -0.39 is 11.6 Å². The number of carboxylic acid groups (broad SMARTS) is 1. The number of nitrogens with zero attached hydrogens (tertiary/aromatic N) is 3. The molecule has 0 spiro atoms. The number of nitrogen functional groups attached to an aromatic ring is 1. The van der Waals surface area contributed by atoms with Gasteiger partial charge in [-0.2, -0.15) is 0 Å². The summed E-state index contributed by atoms with van der Waals surface area (Å²) in [5.74, 6) is -1.09. The first-order valence-corrected chi connectivity index (χ1v) is 9.51. The molecule has 29 heavy (non-hydrogen) atoms. The van der Waals surface area contributed by atoms with Crippen LogP contribution in [0.3, 0.4) is 0 Å². The molecule has 1 aliphatic heterocycles. The van der Waals surface area contributed by atoms with Gasteiger partial charge in [0, 0.05) is 50.8 Å². The van der Waals surface area contributed by atoms with E-state index in [1.807, 2.05) is 20.8 Å². The summed E-state index contributed by atoms with van der Waals surface area (Å²) in [4.78, 5) is 31.8. The van der Waals surface area contributed by atoms with E-state index >= 15 is 0 Å². The molecule has 1 saturated heterocycles. The van der Waals surface area contributed by atoms with Crippen molar-refractivity contribution in [2.45, 2.75) is 26.4 Å². The molecule has 3 N–H and O–H groups in total. The fraction of sp³-hybridized carbons (Fsp3) is 0.550. The number of piperazine rings is 1. The monoisotopic (exact) mass is 406 g/mol. The van der Waals surface area contributed by atoms with Gasteiger partial charge >= 0.3 is 12.1 Å². The standard InChI is InChI=1S/C20H30N4O5/c1-20(2,3)29-19(27)24-10-8-23(9-11-24)16-6-5-14(18(25)26)17(21)15(16)13-22-7-12-28-4/h5-6,13H,7-12,21H2,1-4H3,(H,25,26). The molecule has 0 unspecified atom stereocenters. The summed E-state index contributed by atoms with van der Waals surface area (Å²) in [6.45, 7) is 8.55. The van der Waals surface area contributed by atoms with Crippen LogP contribution < -0.4 is 10.6 Å². The van der Waals surface area contributed by atoms with Gasteiger partial charge in [0.1, 0.15) is 5.60 Å². The Morgan fingerprint density at radius 1 is 1.24 bits per heavy atom. The number of aliphatic imine (C=N–C) groups is 1. The van der Waals surface area contributed by atoms with Crippen LogP contribution in [0.25, 0.3) is 0 Å². The van der Waals surface area contributed by atoms with Crippen molar-refractivity contribution in [3.63, 3.8) is 0 Å². The third-order valence-electron chi connectivity index (χ3n) is 4.41. The number of anilines is 2. The molecule has 0 saturated carbocycles. The normalized spacial score (nSPS) is 15.0. The van der Waals surface area contributed by atoms with E-state index in [-0.39, 0.29) is 17.3 Å². The van der Waals surface area contributed by atoms with Crippen LogP contribution in [-0.4, -0.2) is 80.3 Å². The maximum atomic E-state index is 12.3. The minimum absolute atomic E-state index is 0.0364. The molecule has 9 nitrogen and oxygen atoms in total. The van der Waals surface area contributed by atoms with Crippen LogP contribution >= 0.6 is 0 Å². The second-order valence-corrected chi connectivity index (χ2v) is 7.75. The average Bonchev–Trinajstić information content (AvgIpc) is 2.64. The van der Waals surface area contributed by atoms with E-state index in [9.17, 15) is 14.7 Å². The number of carbonyl (C=O) groups is 2. The van der Waals surface area contributed by atoms with E-state index in [2.05, 4.69) is 9.89 Å². The number of benzene rings is 1. The van der Waals surface area contributed by atoms with Gasteiger partial charge < -0.3 is 30.1 Å². The molecule has 2 rings (SSSR count). The average molecular weight is 406 g/mol. The topological polar surface area (TPSA) is 118 Å². The quantitative estimate of drug-likeness (QED) is 0.422. The lowest BCUT2D eigenvalue weighted by molar-refractivity contribution is 0.0240. The van der Waals surface area contributed by atoms with Gasteiger partial charge in [-0.05, 0) is 32.9 Å². The highest BCUT2D eigenvalue weighted by atomic mass is 16.6. The van der Waals surface area contributed by atoms with Crippen molar-refractivity contribution in [2.75, 3.05) is 57.1 Å². The van der Waals surface area contributed by atoms with Crippen molar-refractivity contribution in [1.82, 2.24) is 4.90 Å². The summed E-state index contributed by atoms with van der Waals surface area (Å²) in [6.07, 6.45) is 1.26. The fourth-order valence-corrected chi connectivity index (χ4v) is 2.98. The Kier molecular flexibility index (Phi) is 7.44. The van der Waals surface area contributed by atoms with Crippen molar-refractivity contribution in [3.05, 3.63) is 23.3 Å². The summed E-state index contributed by atoms with van der Waals surface area (Å²) < 4.78 is 10.4. The van der Waals surface area contributed by atoms with Crippen molar-refractivity contribution >= 4 is 29.7 Å². The summed E-state index contributed by atoms with van der Waals surface area (Å²) in [7, 11) is 1.59. The molecular weight excluding hydrogens is 376 g/mol. The third kappa shape index (κ3) is 6.08. The molecule has 0 bridgehead atoms. The second-order valence-electron chi connectivity index (χ2n) is 7.75. The highest BCUT2D eigenvalue weighted by Gasteiger charge is 2.27. The third-order valence-corrected chi connectivity index (χ3v) is 4.41. The SMILES string of the molecule is COCCN=Cc1c(N2CCN(C(=O)OC(C)(C)C)CC2)ccc(C(=O)O)c1N. The van der Waals surface area contributed by atoms with Gasteiger partial charge in [-0.25, -0.2) is 9.59 Å². The molecule has 160 valence electrons. The molecule has 0 radical (unpaired) electrons. The van der Waals surface area contributed by atoms with Crippen LogP contribution in [0, 0.1) is 0 Å². The van der Waals surface area contributed by atoms with Crippen LogP contribution in [-0.2, 0) is 9.47 Å². The molecule has 1 heterocycles. The highest BCUT2D eigenvalue weighted by molar-refractivity contribution is 6.03. The van der Waals surface area contributed by atoms with E-state index in [0.717, 1.165) is 5.69 Å². The molecular formula is C20H30N4O5. The number of hydrogen-bond acceptors (Lipinski definition) is 7. The Morgan fingerprint density at radius 2 is 1.90 bits per heavy atom. The summed E-state index contributed by atoms with van der Waals surface area (Å²) in [5, 5.41) is 9.37. The fourth-order valence-electron chi connectivity index (χ4n) is 2.98. The van der Waals surface area contributed by atoms with Crippen LogP contribution in [0.4, 0.5) is 16.2 Å². The number of aromatic carboxylic acids is 1. The van der Waals surface area contributed by atoms with Crippen LogP contribution in [0.2, 0.25) is 0 Å². The van der Waals surface area contributed by atoms with Gasteiger partial charge in [0.05, 0.1) is 24.4 Å². The summed E-state index contributed by atoms with van der Waals surface area (Å²) in [6, 6.07) is 3.24. The van der Waals surface area contributed by atoms with Gasteiger partial charge in [0.25, 0.3) is 0 Å². The molecule has 0 aliphatic carbocycles. The lowest BCUT2D eigenvalue weighted by Crippen LogP contribution is -2.50. The van der Waals surface area contributed by atoms with Gasteiger partial charge in [0.15, 0.2) is 0 Å². The number of amides is 1. The van der Waals surface area contributed by atoms with Crippen molar-refractivity contribution in [1.29, 1.82) is 0 Å². The first-order valence-electron chi connectivity index (χ1n) is 9.51. The first-order chi connectivity index (χ1) is 13.6. The van der Waals surface area contributed by atoms with Gasteiger partial charge in [-0.1, -0.05) is 0 Å². The highest BCUT2D eigenvalue weighted by Crippen LogP contribution is 2.29. The van der Waals surface area contributed by atoms with Gasteiger partial charge in [-0.15, -0.1) is 0 Å². The Bertz CT molecular complexity index is 765. The number of ether oxygens (including phenoxy) is 2. The minimum Gasteiger partial charge on any atom is -0.478 e. The molecule has 0 aromatic heterocycles. The maximum Gasteiger partial charge on any atom is 0.410 e. The molecule has 0 atom stereocenters. The summed E-state index contributed by atoms with van der Waals surface area (Å²) >= 11 is 0. The Labute approximate surface area is 171 Å². The first kappa shape index (κ1) is 22.5. The molecule has 9 heteroatoms. The number of carboxylic acids is 1. The zero-order valence-electron chi connectivity index (χ0n) is 17.5. The van der Waals surface area contributed by atoms with Gasteiger partial charge in [-0.3, -0.25) is 4.99 Å². The van der Waals surface area contributed by atoms with E-state index in [1.165, 1.54) is 6.07 Å². The lowest BCUT2D eigenvalue weighted by atomic mass is 10.0. The van der Waals surface area contributed by atoms with Crippen LogP contribution in [0.1, 0.15) is 36.7 Å². The second kappa shape index (κ2) is 9.60. The van der Waals surface area contributed by atoms with Gasteiger partial charge in [0.2, 0.25) is 0 Å². The lowest BCUT2D eigenvalue weighted by Gasteiger charge is -2.37. The smallest absolute Gasteiger partial charge is 0.410 e. The summed E-state index contributed by atoms with van der Waals surface area (Å²) in [5.41, 5.74) is 7.16. The van der Waals surface area contributed by atoms with Crippen LogP contribution in [0.15, 0.2) is 17.1 Å². The zero-order chi connectivity index (χ0) is 21.6. The minimum atomic E-state index is -1.09. The molecule has 1 aromatic rings. The van der Waals surface area contributed by atoms with E-state index in [4.69, 9.17) is 15.2 Å². The van der Waals surface area contributed by atoms with E-state index in [0.29, 0.717) is 44.9 Å². The van der Waals surface area contributed by atoms with E-state index in [1.54, 1.807) is 24.3 Å². The van der Waals surface area contributed by atoms with Crippen LogP contribution in [0.5, 0.6) is 0 Å². The Morgan fingerprint density at radius 3 is 2.45 bits per heavy atom. The molecule has 1 fully saturated rings. The maximum absolute atomic E-state index is 12.3. The zero-order valence-corrected chi connectivity index (χ0v) is 17.5. The predicted octanol–water partition coefficient (Wildman–Crippen LogP) is 2.09. The Hall–Kier alpha value is -2.81. The Balaban J connectivity index is 2.19. The number of methoxy groups -OCH3 is 1. The molecule has 1 aliphatic rings. The number of rotatable bonds is 6. The van der Waals surface area contributed by atoms with Crippen molar-refractivity contribution in [3.8, 4) is 0 Å². The number of carbonyl (C=O) groups excluding carboxylic acids is 1. The largest absolute Gasteiger partial charge is 0.478 e. The molecule has 1 aromatic carbocycles. The number of hydrogen-bond donors (Lipinski definition) is 2. The predicted molar refractivity (Wildman–Crippen MR) is 112 cm³/mol. The molecule has 1 amide bonds. The number of nitrogens with two attached hydrogens (primary N) is 1.